The molecule has 0 radical (unpaired) electrons. The van der Waals surface area contributed by atoms with Gasteiger partial charge in [-0.2, -0.15) is 0 Å². The van der Waals surface area contributed by atoms with Crippen molar-refractivity contribution >= 4 is 23.3 Å². The Bertz CT molecular complexity index is 1120. The lowest BCUT2D eigenvalue weighted by Crippen LogP contribution is -2.35. The number of nitrogens with one attached hydrogen (secondary N) is 2. The van der Waals surface area contributed by atoms with Crippen LogP contribution in [-0.4, -0.2) is 29.8 Å². The number of halogens is 2. The van der Waals surface area contributed by atoms with Crippen LogP contribution in [0, 0.1) is 17.6 Å². The quantitative estimate of drug-likeness (QED) is 0.518. The van der Waals surface area contributed by atoms with E-state index in [1.807, 2.05) is 0 Å². The molecule has 4 rings (SSSR count). The van der Waals surface area contributed by atoms with Crippen molar-refractivity contribution in [3.8, 4) is 11.5 Å². The number of Topliss-reactive ketones (excluding diaryl/α,β-unsaturated/α-hetero) is 1. The van der Waals surface area contributed by atoms with E-state index in [4.69, 9.17) is 10.2 Å². The van der Waals surface area contributed by atoms with Crippen LogP contribution in [-0.2, 0) is 11.2 Å². The Balaban J connectivity index is 1.52. The second-order valence-electron chi connectivity index (χ2n) is 7.67. The summed E-state index contributed by atoms with van der Waals surface area (Å²) in [6.45, 7) is 1.66. The zero-order valence-electron chi connectivity index (χ0n) is 17.2. The number of piperidine rings is 1. The third-order valence-electron chi connectivity index (χ3n) is 5.38. The molecule has 1 aliphatic rings. The third-order valence-corrected chi connectivity index (χ3v) is 5.38. The average Bonchev–Trinajstić information content (AvgIpc) is 3.19. The summed E-state index contributed by atoms with van der Waals surface area (Å²) in [5.41, 5.74) is 5.96. The number of rotatable bonds is 7. The predicted molar refractivity (Wildman–Crippen MR) is 114 cm³/mol. The molecule has 1 unspecified atom stereocenters. The summed E-state index contributed by atoms with van der Waals surface area (Å²) in [5.74, 6) is -2.98. The van der Waals surface area contributed by atoms with Crippen LogP contribution >= 0.6 is 0 Å². The van der Waals surface area contributed by atoms with Crippen LogP contribution in [0.2, 0.25) is 0 Å². The van der Waals surface area contributed by atoms with Gasteiger partial charge in [-0.25, -0.2) is 13.8 Å². The maximum Gasteiger partial charge on any atom is 0.273 e. The Morgan fingerprint density at radius 3 is 2.50 bits per heavy atom. The van der Waals surface area contributed by atoms with E-state index in [9.17, 15) is 18.4 Å². The summed E-state index contributed by atoms with van der Waals surface area (Å²) in [5, 5.41) is 6.10. The van der Waals surface area contributed by atoms with E-state index in [1.165, 1.54) is 6.07 Å². The van der Waals surface area contributed by atoms with E-state index in [1.54, 1.807) is 24.3 Å². The van der Waals surface area contributed by atoms with Gasteiger partial charge in [-0.1, -0.05) is 18.2 Å². The van der Waals surface area contributed by atoms with Crippen molar-refractivity contribution in [3.63, 3.8) is 0 Å². The number of hydrogen-bond acceptors (Lipinski definition) is 6. The van der Waals surface area contributed by atoms with Gasteiger partial charge in [0.2, 0.25) is 11.8 Å². The number of carbonyl (C=O) groups is 2. The lowest BCUT2D eigenvalue weighted by molar-refractivity contribution is -0.122. The smallest absolute Gasteiger partial charge is 0.273 e. The Morgan fingerprint density at radius 1 is 1.16 bits per heavy atom. The minimum Gasteiger partial charge on any atom is -0.419 e. The first kappa shape index (κ1) is 21.6. The molecule has 1 aliphatic heterocycles. The molecule has 32 heavy (non-hydrogen) atoms. The van der Waals surface area contributed by atoms with Crippen molar-refractivity contribution in [2.24, 2.45) is 11.7 Å². The van der Waals surface area contributed by atoms with Gasteiger partial charge in [-0.05, 0) is 49.2 Å². The molecule has 7 nitrogen and oxygen atoms in total. The normalized spacial score (nSPS) is 16.0. The van der Waals surface area contributed by atoms with Gasteiger partial charge in [0.1, 0.15) is 23.0 Å². The fourth-order valence-corrected chi connectivity index (χ4v) is 3.69. The molecule has 0 aliphatic carbocycles. The van der Waals surface area contributed by atoms with Gasteiger partial charge in [0.15, 0.2) is 5.69 Å². The van der Waals surface area contributed by atoms with Crippen molar-refractivity contribution in [2.45, 2.75) is 19.3 Å². The van der Waals surface area contributed by atoms with Gasteiger partial charge in [0.05, 0.1) is 0 Å². The molecule has 166 valence electrons. The van der Waals surface area contributed by atoms with E-state index >= 15 is 0 Å². The number of anilines is 2. The molecule has 9 heteroatoms. The summed E-state index contributed by atoms with van der Waals surface area (Å²) < 4.78 is 33.6. The van der Waals surface area contributed by atoms with E-state index in [2.05, 4.69) is 15.6 Å². The summed E-state index contributed by atoms with van der Waals surface area (Å²) in [6, 6.07) is 10.3. The van der Waals surface area contributed by atoms with Gasteiger partial charge in [-0.3, -0.25) is 9.59 Å². The summed E-state index contributed by atoms with van der Waals surface area (Å²) in [4.78, 5) is 28.1. The topological polar surface area (TPSA) is 110 Å². The van der Waals surface area contributed by atoms with Crippen LogP contribution in [0.4, 0.5) is 20.4 Å². The van der Waals surface area contributed by atoms with Crippen LogP contribution in [0.1, 0.15) is 28.9 Å². The number of carbonyl (C=O) groups excluding carboxylic acids is 2. The minimum absolute atomic E-state index is 0.0334. The van der Waals surface area contributed by atoms with Gasteiger partial charge in [-0.15, -0.1) is 0 Å². The van der Waals surface area contributed by atoms with Crippen molar-refractivity contribution in [3.05, 3.63) is 65.4 Å². The molecule has 1 atom stereocenters. The third kappa shape index (κ3) is 4.67. The number of oxazole rings is 1. The highest BCUT2D eigenvalue weighted by Gasteiger charge is 2.24. The van der Waals surface area contributed by atoms with Crippen LogP contribution in [0.3, 0.4) is 0 Å². The molecule has 2 aromatic carbocycles. The van der Waals surface area contributed by atoms with Crippen LogP contribution in [0.15, 0.2) is 46.9 Å². The summed E-state index contributed by atoms with van der Waals surface area (Å²) >= 11 is 0. The van der Waals surface area contributed by atoms with Crippen LogP contribution < -0.4 is 16.4 Å². The number of nitrogens with two attached hydrogens (primary N) is 1. The second-order valence-corrected chi connectivity index (χ2v) is 7.67. The van der Waals surface area contributed by atoms with E-state index in [0.717, 1.165) is 37.1 Å². The fourth-order valence-electron chi connectivity index (χ4n) is 3.69. The second kappa shape index (κ2) is 9.27. The van der Waals surface area contributed by atoms with Gasteiger partial charge in [0.25, 0.3) is 5.91 Å². The molecule has 4 N–H and O–H groups in total. The van der Waals surface area contributed by atoms with Crippen molar-refractivity contribution in [2.75, 3.05) is 18.4 Å². The van der Waals surface area contributed by atoms with E-state index in [-0.39, 0.29) is 23.3 Å². The SMILES string of the molecule is NC(=O)c1nc(-c2c(F)cccc2F)oc1Nc1ccc(CC(=O)C2CCCNC2)cc1. The Morgan fingerprint density at radius 2 is 1.88 bits per heavy atom. The number of aromatic nitrogens is 1. The molecule has 1 aromatic heterocycles. The minimum atomic E-state index is -0.914. The van der Waals surface area contributed by atoms with E-state index in [0.29, 0.717) is 18.7 Å². The van der Waals surface area contributed by atoms with Crippen molar-refractivity contribution < 1.29 is 22.8 Å². The summed E-state index contributed by atoms with van der Waals surface area (Å²) in [7, 11) is 0. The number of amides is 1. The predicted octanol–water partition coefficient (Wildman–Crippen LogP) is 3.57. The Hall–Kier alpha value is -3.59. The highest BCUT2D eigenvalue weighted by molar-refractivity contribution is 5.96. The molecule has 1 amide bonds. The lowest BCUT2D eigenvalue weighted by Gasteiger charge is -2.21. The first-order valence-corrected chi connectivity index (χ1v) is 10.3. The van der Waals surface area contributed by atoms with Crippen LogP contribution in [0.5, 0.6) is 0 Å². The monoisotopic (exact) mass is 440 g/mol. The molecule has 0 bridgehead atoms. The van der Waals surface area contributed by atoms with Crippen molar-refractivity contribution in [1.29, 1.82) is 0 Å². The Kier molecular flexibility index (Phi) is 6.27. The number of ketones is 1. The number of primary amides is 1. The molecule has 0 spiro atoms. The highest BCUT2D eigenvalue weighted by Crippen LogP contribution is 2.31. The molecule has 0 saturated carbocycles. The first-order valence-electron chi connectivity index (χ1n) is 10.3. The maximum atomic E-state index is 14.1. The lowest BCUT2D eigenvalue weighted by atomic mass is 9.91. The van der Waals surface area contributed by atoms with Gasteiger partial charge >= 0.3 is 0 Å². The largest absolute Gasteiger partial charge is 0.419 e. The summed E-state index contributed by atoms with van der Waals surface area (Å²) in [6.07, 6.45) is 2.23. The zero-order chi connectivity index (χ0) is 22.7. The molecular weight excluding hydrogens is 418 g/mol. The number of nitrogens with zero attached hydrogens (tertiary/aromatic N) is 1. The van der Waals surface area contributed by atoms with E-state index < -0.39 is 29.0 Å². The molecule has 2 heterocycles. The molecule has 3 aromatic rings. The number of benzene rings is 2. The average molecular weight is 440 g/mol. The fraction of sp³-hybridized carbons (Fsp3) is 0.261. The molecular formula is C23H22F2N4O3. The standard InChI is InChI=1S/C23H22F2N4O3/c24-16-4-1-5-17(25)19(16)22-29-20(21(26)31)23(32-22)28-15-8-6-13(7-9-15)11-18(30)14-3-2-10-27-12-14/h1,4-9,14,27-28H,2-3,10-12H2,(H2,26,31). The Labute approximate surface area is 183 Å². The van der Waals surface area contributed by atoms with Crippen molar-refractivity contribution in [1.82, 2.24) is 10.3 Å². The van der Waals surface area contributed by atoms with Gasteiger partial charge < -0.3 is 20.8 Å². The highest BCUT2D eigenvalue weighted by atomic mass is 19.1. The van der Waals surface area contributed by atoms with Gasteiger partial charge in [0, 0.05) is 24.6 Å². The zero-order valence-corrected chi connectivity index (χ0v) is 17.2. The molecule has 1 fully saturated rings. The molecule has 1 saturated heterocycles. The maximum absolute atomic E-state index is 14.1. The van der Waals surface area contributed by atoms with Crippen LogP contribution in [0.25, 0.3) is 11.5 Å². The first-order chi connectivity index (χ1) is 15.4. The number of hydrogen-bond donors (Lipinski definition) is 3.